The first-order valence-corrected chi connectivity index (χ1v) is 5.76. The molecule has 2 rings (SSSR count). The Kier molecular flexibility index (Phi) is 2.92. The normalized spacial score (nSPS) is 10.1. The Bertz CT molecular complexity index is 519. The molecule has 1 amide bonds. The highest BCUT2D eigenvalue weighted by Crippen LogP contribution is 2.21. The van der Waals surface area contributed by atoms with Gasteiger partial charge in [0.15, 0.2) is 0 Å². The van der Waals surface area contributed by atoms with E-state index in [1.165, 1.54) is 11.3 Å². The largest absolute Gasteiger partial charge is 0.397 e. The SMILES string of the molecule is Cc1ccccc1NC(=O)c1sccc1N. The number of carbonyl (C=O) groups is 1. The van der Waals surface area contributed by atoms with Crippen molar-refractivity contribution in [1.82, 2.24) is 0 Å². The van der Waals surface area contributed by atoms with Crippen molar-refractivity contribution in [2.24, 2.45) is 0 Å². The summed E-state index contributed by atoms with van der Waals surface area (Å²) >= 11 is 1.35. The number of thiophene rings is 1. The summed E-state index contributed by atoms with van der Waals surface area (Å²) in [7, 11) is 0. The molecule has 0 saturated heterocycles. The second-order valence-electron chi connectivity index (χ2n) is 3.47. The van der Waals surface area contributed by atoms with Crippen molar-refractivity contribution >= 4 is 28.6 Å². The van der Waals surface area contributed by atoms with E-state index in [9.17, 15) is 4.79 Å². The third-order valence-electron chi connectivity index (χ3n) is 2.30. The van der Waals surface area contributed by atoms with Crippen LogP contribution in [0.25, 0.3) is 0 Å². The van der Waals surface area contributed by atoms with Gasteiger partial charge in [-0.2, -0.15) is 0 Å². The number of benzene rings is 1. The highest BCUT2D eigenvalue weighted by atomic mass is 32.1. The van der Waals surface area contributed by atoms with Crippen molar-refractivity contribution < 1.29 is 4.79 Å². The van der Waals surface area contributed by atoms with Gasteiger partial charge in [-0.3, -0.25) is 4.79 Å². The van der Waals surface area contributed by atoms with Crippen LogP contribution in [0.15, 0.2) is 35.7 Å². The molecule has 0 radical (unpaired) electrons. The van der Waals surface area contributed by atoms with E-state index in [0.29, 0.717) is 10.6 Å². The molecule has 0 bridgehead atoms. The molecule has 0 aliphatic heterocycles. The van der Waals surface area contributed by atoms with Gasteiger partial charge in [-0.25, -0.2) is 0 Å². The zero-order valence-corrected chi connectivity index (χ0v) is 9.67. The van der Waals surface area contributed by atoms with Gasteiger partial charge in [0, 0.05) is 5.69 Å². The molecule has 0 aliphatic carbocycles. The number of nitrogens with two attached hydrogens (primary N) is 1. The van der Waals surface area contributed by atoms with Gasteiger partial charge >= 0.3 is 0 Å². The summed E-state index contributed by atoms with van der Waals surface area (Å²) in [5, 5.41) is 4.65. The lowest BCUT2D eigenvalue weighted by Crippen LogP contribution is -2.12. The predicted molar refractivity (Wildman–Crippen MR) is 67.9 cm³/mol. The molecule has 1 aromatic carbocycles. The average Bonchev–Trinajstić information content (AvgIpc) is 2.68. The van der Waals surface area contributed by atoms with Crippen LogP contribution >= 0.6 is 11.3 Å². The second-order valence-corrected chi connectivity index (χ2v) is 4.39. The first-order valence-electron chi connectivity index (χ1n) is 4.88. The lowest BCUT2D eigenvalue weighted by molar-refractivity contribution is 0.103. The minimum Gasteiger partial charge on any atom is -0.397 e. The second kappa shape index (κ2) is 4.37. The van der Waals surface area contributed by atoms with Crippen LogP contribution in [0.3, 0.4) is 0 Å². The quantitative estimate of drug-likeness (QED) is 0.836. The fourth-order valence-corrected chi connectivity index (χ4v) is 2.11. The number of nitrogen functional groups attached to an aromatic ring is 1. The van der Waals surface area contributed by atoms with E-state index < -0.39 is 0 Å². The molecule has 1 aromatic heterocycles. The molecule has 1 heterocycles. The number of hydrogen-bond donors (Lipinski definition) is 2. The molecule has 3 N–H and O–H groups in total. The Labute approximate surface area is 97.9 Å². The minimum absolute atomic E-state index is 0.151. The van der Waals surface area contributed by atoms with Crippen LogP contribution < -0.4 is 11.1 Å². The molecule has 2 aromatic rings. The molecular weight excluding hydrogens is 220 g/mol. The summed E-state index contributed by atoms with van der Waals surface area (Å²) < 4.78 is 0. The van der Waals surface area contributed by atoms with Crippen LogP contribution in [-0.4, -0.2) is 5.91 Å². The van der Waals surface area contributed by atoms with Gasteiger partial charge in [0.05, 0.1) is 5.69 Å². The van der Waals surface area contributed by atoms with Gasteiger partial charge in [0.1, 0.15) is 4.88 Å². The van der Waals surface area contributed by atoms with E-state index in [1.54, 1.807) is 6.07 Å². The highest BCUT2D eigenvalue weighted by Gasteiger charge is 2.11. The molecule has 16 heavy (non-hydrogen) atoms. The zero-order valence-electron chi connectivity index (χ0n) is 8.86. The van der Waals surface area contributed by atoms with Crippen LogP contribution in [0.4, 0.5) is 11.4 Å². The number of anilines is 2. The fourth-order valence-electron chi connectivity index (χ4n) is 1.40. The van der Waals surface area contributed by atoms with Gasteiger partial charge in [0.2, 0.25) is 0 Å². The van der Waals surface area contributed by atoms with Crippen molar-refractivity contribution in [3.63, 3.8) is 0 Å². The molecule has 0 fully saturated rings. The van der Waals surface area contributed by atoms with E-state index >= 15 is 0 Å². The Balaban J connectivity index is 2.21. The third-order valence-corrected chi connectivity index (χ3v) is 3.22. The summed E-state index contributed by atoms with van der Waals surface area (Å²) in [5.41, 5.74) is 8.06. The molecule has 4 heteroatoms. The average molecular weight is 232 g/mol. The van der Waals surface area contributed by atoms with Gasteiger partial charge in [-0.05, 0) is 30.0 Å². The maximum absolute atomic E-state index is 11.9. The van der Waals surface area contributed by atoms with E-state index in [2.05, 4.69) is 5.32 Å². The zero-order chi connectivity index (χ0) is 11.5. The van der Waals surface area contributed by atoms with Gasteiger partial charge in [-0.1, -0.05) is 18.2 Å². The standard InChI is InChI=1S/C12H12N2OS/c1-8-4-2-3-5-10(8)14-12(15)11-9(13)6-7-16-11/h2-7H,13H2,1H3,(H,14,15). The maximum Gasteiger partial charge on any atom is 0.267 e. The molecule has 0 atom stereocenters. The molecule has 0 aliphatic rings. The lowest BCUT2D eigenvalue weighted by atomic mass is 10.2. The molecule has 82 valence electrons. The molecule has 3 nitrogen and oxygen atoms in total. The Morgan fingerprint density at radius 3 is 2.69 bits per heavy atom. The van der Waals surface area contributed by atoms with E-state index in [0.717, 1.165) is 11.3 Å². The smallest absolute Gasteiger partial charge is 0.267 e. The summed E-state index contributed by atoms with van der Waals surface area (Å²) in [5.74, 6) is -0.151. The van der Waals surface area contributed by atoms with Crippen molar-refractivity contribution in [2.75, 3.05) is 11.1 Å². The molecule has 0 spiro atoms. The first-order chi connectivity index (χ1) is 7.68. The number of hydrogen-bond acceptors (Lipinski definition) is 3. The summed E-state index contributed by atoms with van der Waals surface area (Å²) in [4.78, 5) is 12.4. The summed E-state index contributed by atoms with van der Waals surface area (Å²) in [6.07, 6.45) is 0. The Morgan fingerprint density at radius 1 is 1.31 bits per heavy atom. The van der Waals surface area contributed by atoms with Crippen molar-refractivity contribution in [3.8, 4) is 0 Å². The Morgan fingerprint density at radius 2 is 2.06 bits per heavy atom. The summed E-state index contributed by atoms with van der Waals surface area (Å²) in [6.45, 7) is 1.95. The van der Waals surface area contributed by atoms with E-state index in [-0.39, 0.29) is 5.91 Å². The number of amides is 1. The number of nitrogens with one attached hydrogen (secondary N) is 1. The van der Waals surface area contributed by atoms with Crippen molar-refractivity contribution in [2.45, 2.75) is 6.92 Å². The maximum atomic E-state index is 11.9. The lowest BCUT2D eigenvalue weighted by Gasteiger charge is -2.07. The monoisotopic (exact) mass is 232 g/mol. The fraction of sp³-hybridized carbons (Fsp3) is 0.0833. The van der Waals surface area contributed by atoms with Crippen LogP contribution in [-0.2, 0) is 0 Å². The van der Waals surface area contributed by atoms with Crippen LogP contribution in [0.5, 0.6) is 0 Å². The minimum atomic E-state index is -0.151. The first kappa shape index (κ1) is 10.7. The number of carbonyl (C=O) groups excluding carboxylic acids is 1. The molecule has 0 saturated carbocycles. The van der Waals surface area contributed by atoms with Crippen molar-refractivity contribution in [3.05, 3.63) is 46.2 Å². The van der Waals surface area contributed by atoms with E-state index in [1.807, 2.05) is 36.6 Å². The van der Waals surface area contributed by atoms with Crippen LogP contribution in [0.2, 0.25) is 0 Å². The third kappa shape index (κ3) is 2.06. The predicted octanol–water partition coefficient (Wildman–Crippen LogP) is 2.89. The van der Waals surface area contributed by atoms with Gasteiger partial charge in [0.25, 0.3) is 5.91 Å². The van der Waals surface area contributed by atoms with Crippen LogP contribution in [0.1, 0.15) is 15.2 Å². The highest BCUT2D eigenvalue weighted by molar-refractivity contribution is 7.12. The number of rotatable bonds is 2. The topological polar surface area (TPSA) is 55.1 Å². The molecule has 0 unspecified atom stereocenters. The van der Waals surface area contributed by atoms with E-state index in [4.69, 9.17) is 5.73 Å². The summed E-state index contributed by atoms with van der Waals surface area (Å²) in [6, 6.07) is 9.38. The van der Waals surface area contributed by atoms with Gasteiger partial charge < -0.3 is 11.1 Å². The number of para-hydroxylation sites is 1. The number of aryl methyl sites for hydroxylation is 1. The Hall–Kier alpha value is -1.81. The van der Waals surface area contributed by atoms with Crippen LogP contribution in [0, 0.1) is 6.92 Å². The van der Waals surface area contributed by atoms with Gasteiger partial charge in [-0.15, -0.1) is 11.3 Å². The molecular formula is C12H12N2OS. The van der Waals surface area contributed by atoms with Crippen molar-refractivity contribution in [1.29, 1.82) is 0 Å².